The molecule has 0 amide bonds. The number of nitro groups is 1. The van der Waals surface area contributed by atoms with Gasteiger partial charge in [-0.05, 0) is 6.07 Å². The van der Waals surface area contributed by atoms with Gasteiger partial charge in [0.25, 0.3) is 15.8 Å². The third kappa shape index (κ3) is 5.43. The van der Waals surface area contributed by atoms with Gasteiger partial charge in [0.05, 0.1) is 17.2 Å². The molecule has 19 heavy (non-hydrogen) atoms. The van der Waals surface area contributed by atoms with Crippen LogP contribution in [0.4, 0.5) is 11.4 Å². The summed E-state index contributed by atoms with van der Waals surface area (Å²) in [6.45, 7) is 0.624. The molecule has 8 nitrogen and oxygen atoms in total. The number of benzene rings is 1. The van der Waals surface area contributed by atoms with Crippen molar-refractivity contribution in [3.8, 4) is 0 Å². The Morgan fingerprint density at radius 1 is 1.47 bits per heavy atom. The molecular weight excluding hydrogens is 287 g/mol. The first-order chi connectivity index (χ1) is 8.36. The third-order valence-corrected chi connectivity index (χ3v) is 2.97. The molecule has 0 heterocycles. The van der Waals surface area contributed by atoms with Gasteiger partial charge in [0.15, 0.2) is 0 Å². The molecule has 0 aromatic heterocycles. The number of nitrogens with zero attached hydrogens (tertiary/aromatic N) is 1. The molecule has 0 saturated heterocycles. The summed E-state index contributed by atoms with van der Waals surface area (Å²) in [5, 5.41) is 13.2. The van der Waals surface area contributed by atoms with Gasteiger partial charge >= 0.3 is 29.6 Å². The first-order valence-electron chi connectivity index (χ1n) is 4.85. The van der Waals surface area contributed by atoms with E-state index in [1.54, 1.807) is 0 Å². The monoisotopic (exact) mass is 300 g/mol. The number of nitro benzene ring substituents is 1. The second-order valence-corrected chi connectivity index (χ2v) is 4.72. The Kier molecular flexibility index (Phi) is 7.49. The topological polar surface area (TPSA) is 119 Å². The molecule has 0 aliphatic carbocycles. The normalized spacial score (nSPS) is 10.6. The van der Waals surface area contributed by atoms with Crippen LogP contribution in [0.25, 0.3) is 0 Å². The van der Waals surface area contributed by atoms with Crippen LogP contribution in [-0.2, 0) is 14.9 Å². The van der Waals surface area contributed by atoms with E-state index in [1.807, 2.05) is 0 Å². The van der Waals surface area contributed by atoms with Crippen molar-refractivity contribution in [1.29, 1.82) is 0 Å². The Bertz CT molecular complexity index is 548. The number of hydrogen-bond donors (Lipinski definition) is 2. The van der Waals surface area contributed by atoms with Crippen molar-refractivity contribution in [3.05, 3.63) is 28.3 Å². The zero-order valence-electron chi connectivity index (χ0n) is 9.49. The van der Waals surface area contributed by atoms with Crippen LogP contribution in [0.5, 0.6) is 0 Å². The summed E-state index contributed by atoms with van der Waals surface area (Å²) >= 11 is 0. The third-order valence-electron chi connectivity index (χ3n) is 2.08. The minimum absolute atomic E-state index is 0. The molecule has 102 valence electrons. The van der Waals surface area contributed by atoms with Gasteiger partial charge in [-0.25, -0.2) is 0 Å². The minimum atomic E-state index is -4.53. The van der Waals surface area contributed by atoms with Crippen LogP contribution in [0.15, 0.2) is 23.1 Å². The van der Waals surface area contributed by atoms with Crippen LogP contribution < -0.4 is 5.32 Å². The van der Waals surface area contributed by atoms with Crippen molar-refractivity contribution in [3.63, 3.8) is 0 Å². The van der Waals surface area contributed by atoms with E-state index in [0.717, 1.165) is 12.1 Å². The van der Waals surface area contributed by atoms with Gasteiger partial charge in [0.1, 0.15) is 4.90 Å². The number of rotatable bonds is 6. The number of nitrogens with one attached hydrogen (secondary N) is 1. The molecule has 0 atom stereocenters. The molecule has 0 spiro atoms. The quantitative estimate of drug-likeness (QED) is 0.254. The summed E-state index contributed by atoms with van der Waals surface area (Å²) in [4.78, 5) is 9.26. The predicted molar refractivity (Wildman–Crippen MR) is 70.4 cm³/mol. The Hall–Kier alpha value is -0.710. The van der Waals surface area contributed by atoms with Crippen LogP contribution in [-0.4, -0.2) is 67.7 Å². The summed E-state index contributed by atoms with van der Waals surface area (Å²) in [6.07, 6.45) is 0. The zero-order chi connectivity index (χ0) is 13.8. The first-order valence-corrected chi connectivity index (χ1v) is 6.29. The summed E-state index contributed by atoms with van der Waals surface area (Å²) in [5.41, 5.74) is -0.333. The SMILES string of the molecule is COCCNc1ccc([N+](=O)[O-])cc1S(=O)(=O)O.[NaH]. The van der Waals surface area contributed by atoms with E-state index >= 15 is 0 Å². The molecule has 0 fully saturated rings. The number of hydrogen-bond acceptors (Lipinski definition) is 6. The molecular formula is C9H13N2NaO6S. The average Bonchev–Trinajstić information content (AvgIpc) is 2.28. The Morgan fingerprint density at radius 3 is 2.58 bits per heavy atom. The summed E-state index contributed by atoms with van der Waals surface area (Å²) in [5.74, 6) is 0. The molecule has 0 aliphatic rings. The van der Waals surface area contributed by atoms with Crippen molar-refractivity contribution in [1.82, 2.24) is 0 Å². The number of anilines is 1. The van der Waals surface area contributed by atoms with Crippen LogP contribution in [0.1, 0.15) is 0 Å². The van der Waals surface area contributed by atoms with Gasteiger partial charge in [-0.15, -0.1) is 0 Å². The molecule has 0 unspecified atom stereocenters. The van der Waals surface area contributed by atoms with Crippen molar-refractivity contribution in [2.75, 3.05) is 25.6 Å². The number of ether oxygens (including phenoxy) is 1. The summed E-state index contributed by atoms with van der Waals surface area (Å²) < 4.78 is 36.0. The fraction of sp³-hybridized carbons (Fsp3) is 0.333. The molecule has 0 saturated carbocycles. The van der Waals surface area contributed by atoms with Crippen molar-refractivity contribution >= 4 is 51.1 Å². The molecule has 0 radical (unpaired) electrons. The van der Waals surface area contributed by atoms with Gasteiger partial charge in [-0.2, -0.15) is 8.42 Å². The molecule has 1 aromatic rings. The Morgan fingerprint density at radius 2 is 2.11 bits per heavy atom. The van der Waals surface area contributed by atoms with Crippen LogP contribution in [0.3, 0.4) is 0 Å². The second-order valence-electron chi connectivity index (χ2n) is 3.33. The van der Waals surface area contributed by atoms with Crippen LogP contribution >= 0.6 is 0 Å². The fourth-order valence-electron chi connectivity index (χ4n) is 1.27. The summed E-state index contributed by atoms with van der Waals surface area (Å²) in [6, 6.07) is 3.16. The number of methoxy groups -OCH3 is 1. The van der Waals surface area contributed by atoms with Crippen molar-refractivity contribution in [2.24, 2.45) is 0 Å². The van der Waals surface area contributed by atoms with E-state index < -0.39 is 25.6 Å². The zero-order valence-corrected chi connectivity index (χ0v) is 10.3. The second kappa shape index (κ2) is 7.78. The molecule has 2 N–H and O–H groups in total. The first kappa shape index (κ1) is 18.3. The summed E-state index contributed by atoms with van der Waals surface area (Å²) in [7, 11) is -3.06. The fourth-order valence-corrected chi connectivity index (χ4v) is 1.96. The molecule has 0 bridgehead atoms. The molecule has 1 aromatic carbocycles. The standard InChI is InChI=1S/C9H12N2O6S.Na.H/c1-17-5-4-10-8-3-2-7(11(12)13)6-9(8)18(14,15)16;;/h2-3,6,10H,4-5H2,1H3,(H,14,15,16);;. The van der Waals surface area contributed by atoms with Crippen molar-refractivity contribution < 1.29 is 22.6 Å². The van der Waals surface area contributed by atoms with E-state index in [-0.39, 0.29) is 35.2 Å². The maximum atomic E-state index is 11.1. The van der Waals surface area contributed by atoms with Gasteiger partial charge < -0.3 is 10.1 Å². The van der Waals surface area contributed by atoms with Crippen LogP contribution in [0.2, 0.25) is 0 Å². The van der Waals surface area contributed by atoms with E-state index in [9.17, 15) is 18.5 Å². The molecule has 10 heteroatoms. The van der Waals surface area contributed by atoms with E-state index in [1.165, 1.54) is 13.2 Å². The average molecular weight is 300 g/mol. The van der Waals surface area contributed by atoms with Gasteiger partial charge in [-0.3, -0.25) is 14.7 Å². The van der Waals surface area contributed by atoms with Gasteiger partial charge in [0, 0.05) is 25.8 Å². The van der Waals surface area contributed by atoms with E-state index in [0.29, 0.717) is 13.2 Å². The predicted octanol–water partition coefficient (Wildman–Crippen LogP) is 0.251. The Labute approximate surface area is 132 Å². The van der Waals surface area contributed by atoms with Gasteiger partial charge in [0.2, 0.25) is 0 Å². The Balaban J connectivity index is 0.00000324. The number of non-ortho nitro benzene ring substituents is 1. The van der Waals surface area contributed by atoms with Gasteiger partial charge in [-0.1, -0.05) is 0 Å². The molecule has 1 rings (SSSR count). The molecule has 0 aliphatic heterocycles. The van der Waals surface area contributed by atoms with E-state index in [4.69, 9.17) is 9.29 Å². The maximum absolute atomic E-state index is 11.1. The van der Waals surface area contributed by atoms with E-state index in [2.05, 4.69) is 5.32 Å². The van der Waals surface area contributed by atoms with Crippen molar-refractivity contribution in [2.45, 2.75) is 4.90 Å². The van der Waals surface area contributed by atoms with Crippen LogP contribution in [0, 0.1) is 10.1 Å².